The second kappa shape index (κ2) is 12.9. The molecule has 0 aliphatic carbocycles. The van der Waals surface area contributed by atoms with E-state index in [1.807, 2.05) is 48.5 Å². The third-order valence-corrected chi connectivity index (χ3v) is 1.74. The van der Waals surface area contributed by atoms with Crippen LogP contribution in [0.2, 0.25) is 0 Å². The van der Waals surface area contributed by atoms with Crippen molar-refractivity contribution in [3.8, 4) is 0 Å². The maximum atomic E-state index is 5.22. The van der Waals surface area contributed by atoms with Crippen LogP contribution in [0.5, 0.6) is 0 Å². The molecule has 16 heavy (non-hydrogen) atoms. The van der Waals surface area contributed by atoms with Gasteiger partial charge in [-0.15, -0.1) is 0 Å². The minimum absolute atomic E-state index is 0. The van der Waals surface area contributed by atoms with Gasteiger partial charge >= 0.3 is 0 Å². The molecule has 0 amide bonds. The molecule has 3 aliphatic rings. The first-order valence-corrected chi connectivity index (χ1v) is 6.20. The minimum atomic E-state index is -0.714. The molecule has 3 saturated heterocycles. The first-order valence-electron chi connectivity index (χ1n) is 6.20. The first kappa shape index (κ1) is 21.2. The van der Waals surface area contributed by atoms with E-state index in [0.29, 0.717) is 5.92 Å². The molecule has 0 aromatic carbocycles. The number of rotatable bonds is 0. The van der Waals surface area contributed by atoms with Gasteiger partial charge in [-0.2, -0.15) is 0 Å². The third kappa shape index (κ3) is 7.20. The van der Waals surface area contributed by atoms with Gasteiger partial charge in [-0.1, -0.05) is 49.0 Å². The monoisotopic (exact) mass is 236 g/mol. The van der Waals surface area contributed by atoms with E-state index in [4.69, 9.17) is 14.2 Å². The highest BCUT2D eigenvalue weighted by Gasteiger charge is 2.40. The van der Waals surface area contributed by atoms with Gasteiger partial charge in [0.25, 0.3) is 5.97 Å². The van der Waals surface area contributed by atoms with Crippen LogP contribution in [0.1, 0.15) is 55.9 Å². The number of hydrogen-bond acceptors (Lipinski definition) is 3. The largest absolute Gasteiger partial charge is 0.327 e. The molecule has 0 aromatic rings. The fraction of sp³-hybridized carbons (Fsp3) is 1.00. The van der Waals surface area contributed by atoms with E-state index in [1.165, 1.54) is 0 Å². The molecule has 3 fully saturated rings. The number of hydrogen-bond donors (Lipinski definition) is 0. The van der Waals surface area contributed by atoms with Gasteiger partial charge in [-0.3, -0.25) is 0 Å². The van der Waals surface area contributed by atoms with Gasteiger partial charge in [0.15, 0.2) is 0 Å². The molecule has 3 rings (SSSR count). The summed E-state index contributed by atoms with van der Waals surface area (Å²) in [4.78, 5) is 0. The van der Waals surface area contributed by atoms with Crippen molar-refractivity contribution < 1.29 is 14.2 Å². The molecule has 0 saturated carbocycles. The zero-order chi connectivity index (χ0) is 12.3. The fourth-order valence-corrected chi connectivity index (χ4v) is 1.08. The molecule has 0 atom stereocenters. The van der Waals surface area contributed by atoms with Gasteiger partial charge in [0, 0.05) is 12.8 Å². The van der Waals surface area contributed by atoms with Crippen LogP contribution in [0.3, 0.4) is 0 Å². The Hall–Kier alpha value is -0.120. The van der Waals surface area contributed by atoms with Crippen LogP contribution in [-0.4, -0.2) is 25.8 Å². The quantitative estimate of drug-likeness (QED) is 0.634. The van der Waals surface area contributed by atoms with E-state index in [2.05, 4.69) is 0 Å². The molecule has 0 radical (unpaired) electrons. The molecule has 3 heterocycles. The summed E-state index contributed by atoms with van der Waals surface area (Å²) >= 11 is 0. The van der Waals surface area contributed by atoms with Crippen molar-refractivity contribution in [3.63, 3.8) is 0 Å². The molecular weight excluding hydrogens is 204 g/mol. The van der Waals surface area contributed by atoms with Gasteiger partial charge < -0.3 is 14.2 Å². The molecule has 2 bridgehead atoms. The zero-order valence-corrected chi connectivity index (χ0v) is 11.4. The standard InChI is InChI=1S/C6H10O3.3C2H6.CH4/c1-6-7-2-5(3-8-6)4-9-6;3*1-2;/h5H,2-4H2,1H3;3*1-2H3;1H4. The van der Waals surface area contributed by atoms with E-state index in [9.17, 15) is 0 Å². The summed E-state index contributed by atoms with van der Waals surface area (Å²) in [5, 5.41) is 0. The smallest absolute Gasteiger partial charge is 0.279 e. The van der Waals surface area contributed by atoms with Crippen molar-refractivity contribution in [3.05, 3.63) is 0 Å². The van der Waals surface area contributed by atoms with E-state index in [0.717, 1.165) is 19.8 Å². The Balaban J connectivity index is -0.000000214. The summed E-state index contributed by atoms with van der Waals surface area (Å²) in [5.74, 6) is -0.249. The molecule has 3 aliphatic heterocycles. The zero-order valence-electron chi connectivity index (χ0n) is 11.4. The Morgan fingerprint density at radius 1 is 0.750 bits per heavy atom. The first-order chi connectivity index (χ1) is 7.29. The van der Waals surface area contributed by atoms with E-state index in [1.54, 1.807) is 0 Å². The SMILES string of the molecule is C.CC.CC.CC.CC12OCC(CO1)CO2. The second-order valence-electron chi connectivity index (χ2n) is 2.66. The van der Waals surface area contributed by atoms with Crippen molar-refractivity contribution in [2.24, 2.45) is 5.92 Å². The predicted molar refractivity (Wildman–Crippen MR) is 70.5 cm³/mol. The highest BCUT2D eigenvalue weighted by atomic mass is 16.9. The average Bonchev–Trinajstić information content (AvgIpc) is 2.38. The second-order valence-corrected chi connectivity index (χ2v) is 2.66. The van der Waals surface area contributed by atoms with E-state index in [-0.39, 0.29) is 7.43 Å². The molecule has 3 nitrogen and oxygen atoms in total. The van der Waals surface area contributed by atoms with Crippen LogP contribution >= 0.6 is 0 Å². The summed E-state index contributed by atoms with van der Waals surface area (Å²) < 4.78 is 15.7. The van der Waals surface area contributed by atoms with Gasteiger partial charge in [-0.25, -0.2) is 0 Å². The highest BCUT2D eigenvalue weighted by Crippen LogP contribution is 2.28. The molecule has 3 heteroatoms. The summed E-state index contributed by atoms with van der Waals surface area (Å²) in [6.45, 7) is 16.2. The Morgan fingerprint density at radius 2 is 1.00 bits per heavy atom. The molecule has 102 valence electrons. The Labute approximate surface area is 102 Å². The number of fused-ring (bicyclic) bond motifs is 3. The summed E-state index contributed by atoms with van der Waals surface area (Å²) in [5.41, 5.74) is 0. The van der Waals surface area contributed by atoms with Crippen LogP contribution in [0.4, 0.5) is 0 Å². The lowest BCUT2D eigenvalue weighted by atomic mass is 10.1. The molecule has 0 aromatic heterocycles. The van der Waals surface area contributed by atoms with Gasteiger partial charge in [-0.05, 0) is 0 Å². The normalized spacial score (nSPS) is 29.1. The molecule has 0 unspecified atom stereocenters. The van der Waals surface area contributed by atoms with Gasteiger partial charge in [0.05, 0.1) is 19.8 Å². The lowest BCUT2D eigenvalue weighted by Gasteiger charge is -2.42. The lowest BCUT2D eigenvalue weighted by molar-refractivity contribution is -0.438. The van der Waals surface area contributed by atoms with E-state index < -0.39 is 5.97 Å². The van der Waals surface area contributed by atoms with Crippen LogP contribution in [0.15, 0.2) is 0 Å². The Morgan fingerprint density at radius 3 is 1.12 bits per heavy atom. The van der Waals surface area contributed by atoms with Crippen LogP contribution in [-0.2, 0) is 14.2 Å². The van der Waals surface area contributed by atoms with Crippen molar-refractivity contribution in [1.82, 2.24) is 0 Å². The van der Waals surface area contributed by atoms with Gasteiger partial charge in [0.2, 0.25) is 0 Å². The Kier molecular flexibility index (Phi) is 17.2. The van der Waals surface area contributed by atoms with Crippen molar-refractivity contribution >= 4 is 0 Å². The third-order valence-electron chi connectivity index (χ3n) is 1.74. The fourth-order valence-electron chi connectivity index (χ4n) is 1.08. The van der Waals surface area contributed by atoms with Crippen molar-refractivity contribution in [2.45, 2.75) is 61.9 Å². The van der Waals surface area contributed by atoms with Crippen LogP contribution in [0.25, 0.3) is 0 Å². The minimum Gasteiger partial charge on any atom is -0.327 e. The topological polar surface area (TPSA) is 27.7 Å². The van der Waals surface area contributed by atoms with Crippen molar-refractivity contribution in [2.75, 3.05) is 19.8 Å². The molecule has 0 spiro atoms. The van der Waals surface area contributed by atoms with Crippen LogP contribution in [0, 0.1) is 5.92 Å². The van der Waals surface area contributed by atoms with Crippen LogP contribution < -0.4 is 0 Å². The molecule has 0 N–H and O–H groups in total. The van der Waals surface area contributed by atoms with Gasteiger partial charge in [0.1, 0.15) is 0 Å². The Bertz CT molecular complexity index is 105. The maximum absolute atomic E-state index is 5.22. The predicted octanol–water partition coefficient (Wildman–Crippen LogP) is 4.07. The average molecular weight is 236 g/mol. The molecular formula is C13H32O3. The number of ether oxygens (including phenoxy) is 3. The van der Waals surface area contributed by atoms with Crippen molar-refractivity contribution in [1.29, 1.82) is 0 Å². The lowest BCUT2D eigenvalue weighted by Crippen LogP contribution is -2.51. The highest BCUT2D eigenvalue weighted by molar-refractivity contribution is 4.70. The maximum Gasteiger partial charge on any atom is 0.279 e. The summed E-state index contributed by atoms with van der Waals surface area (Å²) in [7, 11) is 0. The summed E-state index contributed by atoms with van der Waals surface area (Å²) in [6.07, 6.45) is 0. The van der Waals surface area contributed by atoms with E-state index >= 15 is 0 Å². The summed E-state index contributed by atoms with van der Waals surface area (Å²) in [6, 6.07) is 0.